The molecule has 122 valence electrons. The van der Waals surface area contributed by atoms with Crippen molar-refractivity contribution in [2.75, 3.05) is 31.5 Å². The second-order valence-corrected chi connectivity index (χ2v) is 7.37. The number of hydrogen-bond donors (Lipinski definition) is 1. The standard InChI is InChI=1S/C18H23N3S2/c1-14-9-15(2)11-17(10-14)19-18(22)21-6-4-20(5-7-21)12-16-3-8-23-13-16/h3,8-11,13H,4-7,12H2,1-2H3,(H,19,22). The second kappa shape index (κ2) is 7.43. The molecule has 0 atom stereocenters. The number of nitrogens with one attached hydrogen (secondary N) is 1. The highest BCUT2D eigenvalue weighted by atomic mass is 32.1. The molecule has 1 fully saturated rings. The maximum absolute atomic E-state index is 5.60. The monoisotopic (exact) mass is 345 g/mol. The summed E-state index contributed by atoms with van der Waals surface area (Å²) in [5.41, 5.74) is 5.03. The number of anilines is 1. The van der Waals surface area contributed by atoms with Gasteiger partial charge >= 0.3 is 0 Å². The molecule has 5 heteroatoms. The van der Waals surface area contributed by atoms with Crippen molar-refractivity contribution in [1.82, 2.24) is 9.80 Å². The fourth-order valence-corrected chi connectivity index (χ4v) is 3.96. The SMILES string of the molecule is Cc1cc(C)cc(NC(=S)N2CCN(Cc3ccsc3)CC2)c1. The van der Waals surface area contributed by atoms with Crippen molar-refractivity contribution in [3.8, 4) is 0 Å². The van der Waals surface area contributed by atoms with Crippen LogP contribution in [0.25, 0.3) is 0 Å². The maximum atomic E-state index is 5.60. The molecule has 0 spiro atoms. The first kappa shape index (κ1) is 16.4. The Labute approximate surface area is 147 Å². The minimum absolute atomic E-state index is 0.838. The summed E-state index contributed by atoms with van der Waals surface area (Å²) < 4.78 is 0. The first-order valence-electron chi connectivity index (χ1n) is 7.98. The smallest absolute Gasteiger partial charge is 0.173 e. The van der Waals surface area contributed by atoms with Crippen LogP contribution < -0.4 is 5.32 Å². The molecule has 2 aromatic rings. The van der Waals surface area contributed by atoms with Gasteiger partial charge in [0.15, 0.2) is 5.11 Å². The summed E-state index contributed by atoms with van der Waals surface area (Å²) in [5, 5.41) is 8.61. The van der Waals surface area contributed by atoms with E-state index in [-0.39, 0.29) is 0 Å². The lowest BCUT2D eigenvalue weighted by molar-refractivity contribution is 0.177. The molecule has 0 saturated carbocycles. The molecule has 1 saturated heterocycles. The summed E-state index contributed by atoms with van der Waals surface area (Å²) in [6.07, 6.45) is 0. The number of thiocarbonyl (C=S) groups is 1. The van der Waals surface area contributed by atoms with Crippen molar-refractivity contribution < 1.29 is 0 Å². The molecule has 3 nitrogen and oxygen atoms in total. The Morgan fingerprint density at radius 1 is 1.13 bits per heavy atom. The number of rotatable bonds is 3. The first-order valence-corrected chi connectivity index (χ1v) is 9.33. The number of thiophene rings is 1. The molecule has 1 aromatic carbocycles. The third kappa shape index (κ3) is 4.53. The van der Waals surface area contributed by atoms with Crippen LogP contribution in [0.5, 0.6) is 0 Å². The fourth-order valence-electron chi connectivity index (χ4n) is 3.00. The molecule has 1 N–H and O–H groups in total. The lowest BCUT2D eigenvalue weighted by atomic mass is 10.1. The van der Waals surface area contributed by atoms with Gasteiger partial charge < -0.3 is 10.2 Å². The summed E-state index contributed by atoms with van der Waals surface area (Å²) in [7, 11) is 0. The van der Waals surface area contributed by atoms with E-state index in [1.165, 1.54) is 16.7 Å². The van der Waals surface area contributed by atoms with E-state index >= 15 is 0 Å². The van der Waals surface area contributed by atoms with Crippen molar-refractivity contribution in [1.29, 1.82) is 0 Å². The van der Waals surface area contributed by atoms with Gasteiger partial charge in [-0.05, 0) is 71.7 Å². The predicted molar refractivity (Wildman–Crippen MR) is 103 cm³/mol. The largest absolute Gasteiger partial charge is 0.346 e. The van der Waals surface area contributed by atoms with Crippen molar-refractivity contribution in [2.24, 2.45) is 0 Å². The van der Waals surface area contributed by atoms with Crippen LogP contribution in [-0.2, 0) is 6.54 Å². The van der Waals surface area contributed by atoms with Crippen LogP contribution in [0.3, 0.4) is 0 Å². The average molecular weight is 346 g/mol. The van der Waals surface area contributed by atoms with Crippen LogP contribution >= 0.6 is 23.6 Å². The normalized spacial score (nSPS) is 15.7. The van der Waals surface area contributed by atoms with E-state index in [4.69, 9.17) is 12.2 Å². The third-order valence-electron chi connectivity index (χ3n) is 4.12. The Morgan fingerprint density at radius 2 is 1.83 bits per heavy atom. The number of piperazine rings is 1. The van der Waals surface area contributed by atoms with Gasteiger partial charge in [-0.1, -0.05) is 6.07 Å². The number of nitrogens with zero attached hydrogens (tertiary/aromatic N) is 2. The van der Waals surface area contributed by atoms with Gasteiger partial charge in [0, 0.05) is 38.4 Å². The molecular formula is C18H23N3S2. The Morgan fingerprint density at radius 3 is 2.43 bits per heavy atom. The maximum Gasteiger partial charge on any atom is 0.173 e. The fraction of sp³-hybridized carbons (Fsp3) is 0.389. The van der Waals surface area contributed by atoms with Crippen LogP contribution in [-0.4, -0.2) is 41.1 Å². The molecule has 0 amide bonds. The zero-order chi connectivity index (χ0) is 16.2. The summed E-state index contributed by atoms with van der Waals surface area (Å²) in [6.45, 7) is 9.38. The zero-order valence-electron chi connectivity index (χ0n) is 13.7. The Hall–Kier alpha value is -1.43. The van der Waals surface area contributed by atoms with Gasteiger partial charge in [-0.2, -0.15) is 11.3 Å². The van der Waals surface area contributed by atoms with Gasteiger partial charge in [-0.3, -0.25) is 4.90 Å². The van der Waals surface area contributed by atoms with Crippen molar-refractivity contribution in [2.45, 2.75) is 20.4 Å². The van der Waals surface area contributed by atoms with Gasteiger partial charge in [0.2, 0.25) is 0 Å². The molecule has 1 aromatic heterocycles. The van der Waals surface area contributed by atoms with E-state index in [2.05, 4.69) is 64.0 Å². The van der Waals surface area contributed by atoms with Crippen LogP contribution in [0.1, 0.15) is 16.7 Å². The van der Waals surface area contributed by atoms with Gasteiger partial charge in [0.05, 0.1) is 0 Å². The van der Waals surface area contributed by atoms with E-state index < -0.39 is 0 Å². The van der Waals surface area contributed by atoms with Gasteiger partial charge in [0.1, 0.15) is 0 Å². The van der Waals surface area contributed by atoms with Gasteiger partial charge in [-0.15, -0.1) is 0 Å². The highest BCUT2D eigenvalue weighted by molar-refractivity contribution is 7.80. The van der Waals surface area contributed by atoms with E-state index in [9.17, 15) is 0 Å². The van der Waals surface area contributed by atoms with Gasteiger partial charge in [-0.25, -0.2) is 0 Å². The molecule has 1 aliphatic rings. The molecular weight excluding hydrogens is 322 g/mol. The quantitative estimate of drug-likeness (QED) is 0.851. The molecule has 23 heavy (non-hydrogen) atoms. The van der Waals surface area contributed by atoms with E-state index in [1.807, 2.05) is 0 Å². The molecule has 3 rings (SSSR count). The summed E-state index contributed by atoms with van der Waals surface area (Å²) in [4.78, 5) is 4.77. The minimum atomic E-state index is 0.838. The average Bonchev–Trinajstić information content (AvgIpc) is 3.00. The molecule has 0 aliphatic carbocycles. The van der Waals surface area contributed by atoms with Crippen molar-refractivity contribution in [3.63, 3.8) is 0 Å². The summed E-state index contributed by atoms with van der Waals surface area (Å²) in [6, 6.07) is 8.68. The number of aryl methyl sites for hydroxylation is 2. The predicted octanol–water partition coefficient (Wildman–Crippen LogP) is 3.88. The Balaban J connectivity index is 1.51. The topological polar surface area (TPSA) is 18.5 Å². The molecule has 1 aliphatic heterocycles. The lowest BCUT2D eigenvalue weighted by Crippen LogP contribution is -2.49. The lowest BCUT2D eigenvalue weighted by Gasteiger charge is -2.36. The van der Waals surface area contributed by atoms with E-state index in [1.54, 1.807) is 11.3 Å². The summed E-state index contributed by atoms with van der Waals surface area (Å²) in [5.74, 6) is 0. The summed E-state index contributed by atoms with van der Waals surface area (Å²) >= 11 is 7.36. The Kier molecular flexibility index (Phi) is 5.30. The molecule has 2 heterocycles. The van der Waals surface area contributed by atoms with Crippen molar-refractivity contribution in [3.05, 3.63) is 51.7 Å². The second-order valence-electron chi connectivity index (χ2n) is 6.20. The highest BCUT2D eigenvalue weighted by Gasteiger charge is 2.19. The minimum Gasteiger partial charge on any atom is -0.346 e. The van der Waals surface area contributed by atoms with Crippen LogP contribution in [0.2, 0.25) is 0 Å². The number of hydrogen-bond acceptors (Lipinski definition) is 3. The highest BCUT2D eigenvalue weighted by Crippen LogP contribution is 2.16. The first-order chi connectivity index (χ1) is 11.1. The van der Waals surface area contributed by atoms with Crippen LogP contribution in [0.4, 0.5) is 5.69 Å². The molecule has 0 radical (unpaired) electrons. The van der Waals surface area contributed by atoms with E-state index in [0.717, 1.165) is 43.5 Å². The molecule has 0 bridgehead atoms. The Bertz CT molecular complexity index is 639. The van der Waals surface area contributed by atoms with Crippen LogP contribution in [0, 0.1) is 13.8 Å². The van der Waals surface area contributed by atoms with Gasteiger partial charge in [0.25, 0.3) is 0 Å². The zero-order valence-corrected chi connectivity index (χ0v) is 15.3. The van der Waals surface area contributed by atoms with Crippen molar-refractivity contribution >= 4 is 34.4 Å². The third-order valence-corrected chi connectivity index (χ3v) is 5.21. The van der Waals surface area contributed by atoms with E-state index in [0.29, 0.717) is 0 Å². The number of benzene rings is 1. The van der Waals surface area contributed by atoms with Crippen LogP contribution in [0.15, 0.2) is 35.0 Å². The molecule has 0 unspecified atom stereocenters.